The number of rotatable bonds is 10. The van der Waals surface area contributed by atoms with Gasteiger partial charge < -0.3 is 29.5 Å². The molecule has 2 aliphatic rings. The number of ether oxygens (including phenoxy) is 2. The second-order valence-corrected chi connectivity index (χ2v) is 10.0. The fraction of sp³-hybridized carbons (Fsp3) is 0.387. The van der Waals surface area contributed by atoms with E-state index >= 15 is 0 Å². The van der Waals surface area contributed by atoms with Gasteiger partial charge in [0.15, 0.2) is 11.5 Å². The van der Waals surface area contributed by atoms with Crippen molar-refractivity contribution < 1.29 is 14.3 Å². The number of nitrogens with one attached hydrogen (secondary N) is 1. The predicted molar refractivity (Wildman–Crippen MR) is 153 cm³/mol. The van der Waals surface area contributed by atoms with Gasteiger partial charge in [-0.25, -0.2) is 0 Å². The van der Waals surface area contributed by atoms with Gasteiger partial charge in [-0.3, -0.25) is 4.79 Å². The zero-order valence-corrected chi connectivity index (χ0v) is 22.7. The van der Waals surface area contributed by atoms with Gasteiger partial charge in [-0.1, -0.05) is 30.3 Å². The van der Waals surface area contributed by atoms with E-state index in [1.165, 1.54) is 11.4 Å². The van der Waals surface area contributed by atoms with Crippen LogP contribution in [0, 0.1) is 0 Å². The molecule has 1 N–H and O–H groups in total. The molecular formula is C31H38N4O3. The largest absolute Gasteiger partial charge is 0.493 e. The highest BCUT2D eigenvalue weighted by Crippen LogP contribution is 2.40. The van der Waals surface area contributed by atoms with E-state index in [1.807, 2.05) is 30.3 Å². The first-order valence-corrected chi connectivity index (χ1v) is 13.5. The molecule has 0 radical (unpaired) electrons. The molecule has 0 aliphatic carbocycles. The van der Waals surface area contributed by atoms with Crippen molar-refractivity contribution >= 4 is 17.3 Å². The Morgan fingerprint density at radius 1 is 0.947 bits per heavy atom. The third-order valence-corrected chi connectivity index (χ3v) is 7.77. The lowest BCUT2D eigenvalue weighted by atomic mass is 9.99. The molecule has 38 heavy (non-hydrogen) atoms. The predicted octanol–water partition coefficient (Wildman–Crippen LogP) is 4.73. The summed E-state index contributed by atoms with van der Waals surface area (Å²) in [5, 5.41) is 3.43. The van der Waals surface area contributed by atoms with E-state index in [4.69, 9.17) is 9.47 Å². The highest BCUT2D eigenvalue weighted by molar-refractivity contribution is 6.00. The van der Waals surface area contributed by atoms with Crippen molar-refractivity contribution in [2.45, 2.75) is 25.4 Å². The first kappa shape index (κ1) is 25.9. The Morgan fingerprint density at radius 2 is 1.71 bits per heavy atom. The molecule has 3 aromatic carbocycles. The van der Waals surface area contributed by atoms with Crippen LogP contribution in [0.1, 0.15) is 40.4 Å². The van der Waals surface area contributed by atoms with Crippen LogP contribution in [-0.2, 0) is 6.54 Å². The van der Waals surface area contributed by atoms with Crippen LogP contribution < -0.4 is 24.6 Å². The average molecular weight is 515 g/mol. The van der Waals surface area contributed by atoms with Gasteiger partial charge in [0.05, 0.1) is 20.3 Å². The minimum atomic E-state index is -0.0743. The fourth-order valence-corrected chi connectivity index (χ4v) is 5.69. The normalized spacial score (nSPS) is 15.8. The molecule has 0 spiro atoms. The minimum Gasteiger partial charge on any atom is -0.493 e. The SMILES string of the molecule is COc1ccc(C(CCCN(C)c2ccccc2)N2Cc3c(cccc3N3CCNCC3)C2=O)cc1OC. The number of hydrogen-bond donors (Lipinski definition) is 1. The molecule has 1 atom stereocenters. The van der Waals surface area contributed by atoms with Crippen molar-refractivity contribution in [3.8, 4) is 11.5 Å². The number of para-hydroxylation sites is 1. The number of piperazine rings is 1. The monoisotopic (exact) mass is 514 g/mol. The van der Waals surface area contributed by atoms with E-state index < -0.39 is 0 Å². The van der Waals surface area contributed by atoms with Gasteiger partial charge in [0.1, 0.15) is 0 Å². The zero-order valence-electron chi connectivity index (χ0n) is 22.7. The summed E-state index contributed by atoms with van der Waals surface area (Å²) >= 11 is 0. The van der Waals surface area contributed by atoms with Gasteiger partial charge in [-0.05, 0) is 54.8 Å². The Morgan fingerprint density at radius 3 is 2.45 bits per heavy atom. The molecular weight excluding hydrogens is 476 g/mol. The van der Waals surface area contributed by atoms with Gasteiger partial charge in [-0.15, -0.1) is 0 Å². The standard InChI is InChI=1S/C31H38N4O3/c1-33(24-9-5-4-6-10-24)18-8-13-27(23-14-15-29(37-2)30(21-23)38-3)35-22-26-25(31(35)36)11-7-12-28(26)34-19-16-32-17-20-34/h4-7,9-12,14-15,21,27,32H,8,13,16-20,22H2,1-3H3. The molecule has 2 heterocycles. The second kappa shape index (κ2) is 11.8. The number of hydrogen-bond acceptors (Lipinski definition) is 6. The van der Waals surface area contributed by atoms with E-state index in [0.717, 1.165) is 62.3 Å². The van der Waals surface area contributed by atoms with Crippen LogP contribution in [0.3, 0.4) is 0 Å². The molecule has 1 saturated heterocycles. The molecule has 0 saturated carbocycles. The number of anilines is 2. The van der Waals surface area contributed by atoms with Gasteiger partial charge in [0.25, 0.3) is 5.91 Å². The first-order valence-electron chi connectivity index (χ1n) is 13.5. The maximum Gasteiger partial charge on any atom is 0.255 e. The van der Waals surface area contributed by atoms with Crippen LogP contribution in [-0.4, -0.2) is 64.8 Å². The molecule has 1 amide bonds. The molecule has 200 valence electrons. The van der Waals surface area contributed by atoms with Crippen molar-refractivity contribution in [2.24, 2.45) is 0 Å². The van der Waals surface area contributed by atoms with E-state index in [9.17, 15) is 4.79 Å². The van der Waals surface area contributed by atoms with Gasteiger partial charge in [0.2, 0.25) is 0 Å². The van der Waals surface area contributed by atoms with Crippen LogP contribution in [0.4, 0.5) is 11.4 Å². The number of nitrogens with zero attached hydrogens (tertiary/aromatic N) is 3. The van der Waals surface area contributed by atoms with Gasteiger partial charge >= 0.3 is 0 Å². The van der Waals surface area contributed by atoms with Crippen molar-refractivity contribution in [1.82, 2.24) is 10.2 Å². The molecule has 1 fully saturated rings. The Balaban J connectivity index is 1.42. The van der Waals surface area contributed by atoms with Crippen LogP contribution >= 0.6 is 0 Å². The Labute approximate surface area is 225 Å². The second-order valence-electron chi connectivity index (χ2n) is 10.0. The smallest absolute Gasteiger partial charge is 0.255 e. The van der Waals surface area contributed by atoms with E-state index in [-0.39, 0.29) is 11.9 Å². The van der Waals surface area contributed by atoms with Crippen LogP contribution in [0.15, 0.2) is 66.7 Å². The van der Waals surface area contributed by atoms with Gasteiger partial charge in [-0.2, -0.15) is 0 Å². The Kier molecular flexibility index (Phi) is 8.03. The number of amides is 1. The fourth-order valence-electron chi connectivity index (χ4n) is 5.69. The molecule has 7 nitrogen and oxygen atoms in total. The summed E-state index contributed by atoms with van der Waals surface area (Å²) in [5.74, 6) is 1.48. The highest BCUT2D eigenvalue weighted by Gasteiger charge is 2.36. The maximum atomic E-state index is 13.9. The lowest BCUT2D eigenvalue weighted by Gasteiger charge is -2.32. The van der Waals surface area contributed by atoms with Crippen molar-refractivity contribution in [1.29, 1.82) is 0 Å². The number of methoxy groups -OCH3 is 2. The van der Waals surface area contributed by atoms with Gasteiger partial charge in [0, 0.05) is 68.8 Å². The third-order valence-electron chi connectivity index (χ3n) is 7.77. The molecule has 0 bridgehead atoms. The summed E-state index contributed by atoms with van der Waals surface area (Å²) in [6.45, 7) is 5.34. The Bertz CT molecular complexity index is 1240. The quantitative estimate of drug-likeness (QED) is 0.422. The molecule has 7 heteroatoms. The summed E-state index contributed by atoms with van der Waals surface area (Å²) in [6.07, 6.45) is 1.78. The maximum absolute atomic E-state index is 13.9. The number of benzene rings is 3. The number of carbonyl (C=O) groups excluding carboxylic acids is 1. The molecule has 5 rings (SSSR count). The number of carbonyl (C=O) groups is 1. The number of fused-ring (bicyclic) bond motifs is 1. The van der Waals surface area contributed by atoms with Crippen molar-refractivity contribution in [3.63, 3.8) is 0 Å². The summed E-state index contributed by atoms with van der Waals surface area (Å²) < 4.78 is 11.1. The summed E-state index contributed by atoms with van der Waals surface area (Å²) in [4.78, 5) is 20.6. The minimum absolute atomic E-state index is 0.0743. The molecule has 2 aliphatic heterocycles. The first-order chi connectivity index (χ1) is 18.6. The van der Waals surface area contributed by atoms with E-state index in [1.54, 1.807) is 14.2 Å². The summed E-state index contributed by atoms with van der Waals surface area (Å²) in [5.41, 5.74) is 5.42. The van der Waals surface area contributed by atoms with Crippen molar-refractivity contribution in [3.05, 3.63) is 83.4 Å². The van der Waals surface area contributed by atoms with E-state index in [0.29, 0.717) is 18.0 Å². The molecule has 1 unspecified atom stereocenters. The van der Waals surface area contributed by atoms with Crippen LogP contribution in [0.5, 0.6) is 11.5 Å². The average Bonchev–Trinajstić information content (AvgIpc) is 3.31. The van der Waals surface area contributed by atoms with Crippen LogP contribution in [0.25, 0.3) is 0 Å². The zero-order chi connectivity index (χ0) is 26.5. The third kappa shape index (κ3) is 5.29. The van der Waals surface area contributed by atoms with Crippen LogP contribution in [0.2, 0.25) is 0 Å². The lowest BCUT2D eigenvalue weighted by Crippen LogP contribution is -2.43. The van der Waals surface area contributed by atoms with E-state index in [2.05, 4.69) is 63.5 Å². The van der Waals surface area contributed by atoms with Crippen molar-refractivity contribution in [2.75, 3.05) is 63.8 Å². The molecule has 0 aromatic heterocycles. The highest BCUT2D eigenvalue weighted by atomic mass is 16.5. The Hall–Kier alpha value is -3.71. The topological polar surface area (TPSA) is 57.3 Å². The summed E-state index contributed by atoms with van der Waals surface area (Å²) in [7, 11) is 5.42. The molecule has 3 aromatic rings. The lowest BCUT2D eigenvalue weighted by molar-refractivity contribution is 0.0689. The summed E-state index contributed by atoms with van der Waals surface area (Å²) in [6, 6.07) is 22.6.